The summed E-state index contributed by atoms with van der Waals surface area (Å²) in [4.78, 5) is 9.00. The Morgan fingerprint density at radius 3 is 1.97 bits per heavy atom. The van der Waals surface area contributed by atoms with Crippen molar-refractivity contribution in [2.75, 3.05) is 0 Å². The summed E-state index contributed by atoms with van der Waals surface area (Å²) in [6, 6.07) is 22.8. The van der Waals surface area contributed by atoms with Crippen LogP contribution in [0.4, 0.5) is 0 Å². The number of carboxylic acids is 1. The Balaban J connectivity index is 0.000000735. The molecule has 154 valence electrons. The van der Waals surface area contributed by atoms with Gasteiger partial charge >= 0.3 is 0 Å². The highest BCUT2D eigenvalue weighted by atomic mass is 16.5. The molecular weight excluding hydrogens is 380 g/mol. The predicted octanol–water partition coefficient (Wildman–Crippen LogP) is 3.59. The molecule has 0 aliphatic rings. The van der Waals surface area contributed by atoms with Crippen molar-refractivity contribution in [3.63, 3.8) is 0 Å². The first kappa shape index (κ1) is 22.2. The number of nitrogens with two attached hydrogens (primary N) is 2. The first-order valence-electron chi connectivity index (χ1n) is 9.07. The van der Waals surface area contributed by atoms with Gasteiger partial charge in [-0.2, -0.15) is 0 Å². The molecule has 7 heteroatoms. The molecule has 0 heterocycles. The van der Waals surface area contributed by atoms with E-state index in [9.17, 15) is 0 Å². The summed E-state index contributed by atoms with van der Waals surface area (Å²) < 4.78 is 5.83. The van der Waals surface area contributed by atoms with Gasteiger partial charge in [0.05, 0.1) is 0 Å². The largest absolute Gasteiger partial charge is 0.489 e. The number of hydrogen-bond acceptors (Lipinski definition) is 4. The van der Waals surface area contributed by atoms with Crippen molar-refractivity contribution in [1.29, 1.82) is 10.8 Å². The predicted molar refractivity (Wildman–Crippen MR) is 118 cm³/mol. The van der Waals surface area contributed by atoms with Gasteiger partial charge in [0, 0.05) is 18.1 Å². The minimum absolute atomic E-state index is 0.0165. The molecule has 0 spiro atoms. The van der Waals surface area contributed by atoms with Crippen LogP contribution in [0, 0.1) is 10.8 Å². The number of benzene rings is 3. The molecule has 30 heavy (non-hydrogen) atoms. The third kappa shape index (κ3) is 6.79. The number of amidine groups is 2. The number of ether oxygens (including phenoxy) is 1. The smallest absolute Gasteiger partial charge is 0.300 e. The zero-order chi connectivity index (χ0) is 22.1. The van der Waals surface area contributed by atoms with Crippen LogP contribution >= 0.6 is 0 Å². The van der Waals surface area contributed by atoms with E-state index < -0.39 is 5.97 Å². The van der Waals surface area contributed by atoms with E-state index in [1.807, 2.05) is 60.7 Å². The van der Waals surface area contributed by atoms with Gasteiger partial charge in [0.15, 0.2) is 0 Å². The summed E-state index contributed by atoms with van der Waals surface area (Å²) in [7, 11) is 0. The maximum atomic E-state index is 9.00. The SMILES string of the molecule is CC(=O)O.N=C(N)c1cccc(OCc2cccc(-c3cccc(C(=N)N)c3)c2)c1. The Bertz CT molecular complexity index is 1060. The number of carboxylic acid groups (broad SMARTS) is 1. The molecule has 0 aromatic heterocycles. The number of nitrogens with one attached hydrogen (secondary N) is 2. The monoisotopic (exact) mass is 404 g/mol. The molecule has 0 fully saturated rings. The van der Waals surface area contributed by atoms with Crippen LogP contribution in [-0.4, -0.2) is 22.7 Å². The summed E-state index contributed by atoms with van der Waals surface area (Å²) in [6.07, 6.45) is 0. The molecule has 3 rings (SSSR count). The van der Waals surface area contributed by atoms with Gasteiger partial charge in [-0.1, -0.05) is 48.5 Å². The van der Waals surface area contributed by atoms with Crippen molar-refractivity contribution in [2.45, 2.75) is 13.5 Å². The van der Waals surface area contributed by atoms with Gasteiger partial charge < -0.3 is 21.3 Å². The van der Waals surface area contributed by atoms with Gasteiger partial charge in [0.2, 0.25) is 0 Å². The quantitative estimate of drug-likeness (QED) is 0.315. The van der Waals surface area contributed by atoms with Gasteiger partial charge in [-0.25, -0.2) is 0 Å². The van der Waals surface area contributed by atoms with Crippen LogP contribution < -0.4 is 16.2 Å². The highest BCUT2D eigenvalue weighted by Gasteiger charge is 2.04. The Kier molecular flexibility index (Phi) is 7.70. The molecule has 0 saturated carbocycles. The molecule has 0 unspecified atom stereocenters. The van der Waals surface area contributed by atoms with Crippen molar-refractivity contribution in [2.24, 2.45) is 11.5 Å². The molecule has 0 aliphatic carbocycles. The molecule has 0 saturated heterocycles. The maximum absolute atomic E-state index is 9.00. The molecule has 0 bridgehead atoms. The van der Waals surface area contributed by atoms with E-state index in [1.165, 1.54) is 0 Å². The van der Waals surface area contributed by atoms with E-state index >= 15 is 0 Å². The Morgan fingerprint density at radius 2 is 1.37 bits per heavy atom. The molecule has 0 amide bonds. The molecule has 3 aromatic carbocycles. The second-order valence-electron chi connectivity index (χ2n) is 6.44. The van der Waals surface area contributed by atoms with Crippen molar-refractivity contribution < 1.29 is 14.6 Å². The zero-order valence-electron chi connectivity index (χ0n) is 16.6. The second kappa shape index (κ2) is 10.4. The molecule has 0 radical (unpaired) electrons. The fraction of sp³-hybridized carbons (Fsp3) is 0.0870. The molecular formula is C23H24N4O3. The summed E-state index contributed by atoms with van der Waals surface area (Å²) in [5.74, 6) is -0.0961. The number of hydrogen-bond donors (Lipinski definition) is 5. The van der Waals surface area contributed by atoms with Crippen LogP contribution in [0.3, 0.4) is 0 Å². The number of rotatable bonds is 6. The zero-order valence-corrected chi connectivity index (χ0v) is 16.6. The van der Waals surface area contributed by atoms with E-state index in [0.29, 0.717) is 23.5 Å². The lowest BCUT2D eigenvalue weighted by Gasteiger charge is -2.10. The Labute approximate surface area is 174 Å². The first-order chi connectivity index (χ1) is 14.3. The normalized spacial score (nSPS) is 9.77. The average Bonchev–Trinajstić information content (AvgIpc) is 2.72. The van der Waals surface area contributed by atoms with Crippen molar-refractivity contribution in [1.82, 2.24) is 0 Å². The van der Waals surface area contributed by atoms with E-state index in [1.54, 1.807) is 12.1 Å². The number of carbonyl (C=O) groups is 1. The van der Waals surface area contributed by atoms with Crippen LogP contribution in [-0.2, 0) is 11.4 Å². The maximum Gasteiger partial charge on any atom is 0.300 e. The summed E-state index contributed by atoms with van der Waals surface area (Å²) >= 11 is 0. The topological polar surface area (TPSA) is 146 Å². The molecule has 7 nitrogen and oxygen atoms in total. The van der Waals surface area contributed by atoms with Crippen LogP contribution in [0.25, 0.3) is 11.1 Å². The highest BCUT2D eigenvalue weighted by molar-refractivity contribution is 5.96. The van der Waals surface area contributed by atoms with Gasteiger partial charge in [-0.15, -0.1) is 0 Å². The lowest BCUT2D eigenvalue weighted by Crippen LogP contribution is -2.10. The minimum atomic E-state index is -0.833. The van der Waals surface area contributed by atoms with E-state index in [4.69, 9.17) is 36.9 Å². The van der Waals surface area contributed by atoms with Gasteiger partial charge in [0.25, 0.3) is 5.97 Å². The molecule has 0 atom stereocenters. The number of aliphatic carboxylic acids is 1. The fourth-order valence-corrected chi connectivity index (χ4v) is 2.63. The highest BCUT2D eigenvalue weighted by Crippen LogP contribution is 2.22. The van der Waals surface area contributed by atoms with Crippen molar-refractivity contribution in [3.8, 4) is 16.9 Å². The van der Waals surface area contributed by atoms with Gasteiger partial charge in [-0.3, -0.25) is 15.6 Å². The Hall–Kier alpha value is -4.13. The van der Waals surface area contributed by atoms with Gasteiger partial charge in [-0.05, 0) is 41.0 Å². The third-order valence-electron chi connectivity index (χ3n) is 3.98. The van der Waals surface area contributed by atoms with Crippen molar-refractivity contribution >= 4 is 17.6 Å². The third-order valence-corrected chi connectivity index (χ3v) is 3.98. The molecule has 7 N–H and O–H groups in total. The summed E-state index contributed by atoms with van der Waals surface area (Å²) in [6.45, 7) is 1.49. The summed E-state index contributed by atoms with van der Waals surface area (Å²) in [5.41, 5.74) is 15.5. The standard InChI is InChI=1S/C21H20N4O.C2H4O2/c22-20(23)17-7-2-6-16(11-17)15-5-1-4-14(10-15)13-26-19-9-3-8-18(12-19)21(24)25;1-2(3)4/h1-12H,13H2,(H3,22,23)(H3,24,25);1H3,(H,3,4). The van der Waals surface area contributed by atoms with Crippen LogP contribution in [0.2, 0.25) is 0 Å². The van der Waals surface area contributed by atoms with E-state index in [2.05, 4.69) is 0 Å². The lowest BCUT2D eigenvalue weighted by molar-refractivity contribution is -0.134. The van der Waals surface area contributed by atoms with E-state index in [-0.39, 0.29) is 11.7 Å². The Morgan fingerprint density at radius 1 is 0.867 bits per heavy atom. The van der Waals surface area contributed by atoms with E-state index in [0.717, 1.165) is 23.6 Å². The first-order valence-corrected chi connectivity index (χ1v) is 9.07. The molecule has 3 aromatic rings. The lowest BCUT2D eigenvalue weighted by atomic mass is 10.0. The van der Waals surface area contributed by atoms with Gasteiger partial charge in [0.1, 0.15) is 24.0 Å². The van der Waals surface area contributed by atoms with Crippen molar-refractivity contribution in [3.05, 3.63) is 89.5 Å². The average molecular weight is 404 g/mol. The second-order valence-corrected chi connectivity index (χ2v) is 6.44. The molecule has 0 aliphatic heterocycles. The van der Waals surface area contributed by atoms with Crippen LogP contribution in [0.1, 0.15) is 23.6 Å². The van der Waals surface area contributed by atoms with Crippen LogP contribution in [0.5, 0.6) is 5.75 Å². The number of nitrogen functional groups attached to an aromatic ring is 2. The van der Waals surface area contributed by atoms with Crippen LogP contribution in [0.15, 0.2) is 72.8 Å². The summed E-state index contributed by atoms with van der Waals surface area (Å²) in [5, 5.41) is 22.5. The minimum Gasteiger partial charge on any atom is -0.489 e. The fourth-order valence-electron chi connectivity index (χ4n) is 2.63.